The number of amides is 1. The standard InChI is InChI=1S/C17H18N6O2/c1-9-15(18-8-19-16(9)22-17(24)10-3-4-10)21-13-5-11-7-20-23-12(11)6-14(13)25-2/h5-8,10H,3-4H2,1-2H3,(H,20,23)(H2,18,19,21,22,24). The number of methoxy groups -OCH3 is 1. The summed E-state index contributed by atoms with van der Waals surface area (Å²) in [6.45, 7) is 1.87. The van der Waals surface area contributed by atoms with E-state index in [1.54, 1.807) is 13.3 Å². The van der Waals surface area contributed by atoms with Crippen molar-refractivity contribution in [3.63, 3.8) is 0 Å². The number of rotatable bonds is 5. The molecule has 0 saturated heterocycles. The molecule has 0 aliphatic heterocycles. The van der Waals surface area contributed by atoms with Crippen LogP contribution in [-0.4, -0.2) is 33.2 Å². The van der Waals surface area contributed by atoms with Gasteiger partial charge in [-0.1, -0.05) is 0 Å². The van der Waals surface area contributed by atoms with Gasteiger partial charge in [-0.15, -0.1) is 0 Å². The van der Waals surface area contributed by atoms with Crippen LogP contribution in [0.4, 0.5) is 17.3 Å². The predicted octanol–water partition coefficient (Wildman–Crippen LogP) is 2.76. The molecule has 1 saturated carbocycles. The minimum absolute atomic E-state index is 0.0187. The fraction of sp³-hybridized carbons (Fsp3) is 0.294. The first-order valence-electron chi connectivity index (χ1n) is 8.06. The Hall–Kier alpha value is -3.16. The number of fused-ring (bicyclic) bond motifs is 1. The number of benzene rings is 1. The van der Waals surface area contributed by atoms with Gasteiger partial charge in [-0.05, 0) is 25.8 Å². The number of H-pyrrole nitrogens is 1. The summed E-state index contributed by atoms with van der Waals surface area (Å²) < 4.78 is 5.45. The van der Waals surface area contributed by atoms with Crippen molar-refractivity contribution >= 4 is 34.1 Å². The van der Waals surface area contributed by atoms with E-state index >= 15 is 0 Å². The summed E-state index contributed by atoms with van der Waals surface area (Å²) in [7, 11) is 1.61. The first kappa shape index (κ1) is 15.4. The van der Waals surface area contributed by atoms with Crippen LogP contribution in [0.5, 0.6) is 5.75 Å². The molecule has 8 nitrogen and oxygen atoms in total. The highest BCUT2D eigenvalue weighted by Crippen LogP contribution is 2.34. The molecule has 1 aliphatic carbocycles. The number of anilines is 3. The Bertz CT molecular complexity index is 947. The highest BCUT2D eigenvalue weighted by Gasteiger charge is 2.30. The topological polar surface area (TPSA) is 105 Å². The molecule has 25 heavy (non-hydrogen) atoms. The van der Waals surface area contributed by atoms with Gasteiger partial charge in [0.1, 0.15) is 23.7 Å². The summed E-state index contributed by atoms with van der Waals surface area (Å²) in [4.78, 5) is 20.5. The largest absolute Gasteiger partial charge is 0.494 e. The molecule has 1 fully saturated rings. The maximum atomic E-state index is 12.0. The van der Waals surface area contributed by atoms with Crippen molar-refractivity contribution in [2.24, 2.45) is 5.92 Å². The van der Waals surface area contributed by atoms with Gasteiger partial charge in [0.15, 0.2) is 0 Å². The highest BCUT2D eigenvalue weighted by atomic mass is 16.5. The summed E-state index contributed by atoms with van der Waals surface area (Å²) in [6.07, 6.45) is 5.07. The van der Waals surface area contributed by atoms with E-state index in [4.69, 9.17) is 4.74 Å². The van der Waals surface area contributed by atoms with E-state index < -0.39 is 0 Å². The van der Waals surface area contributed by atoms with Gasteiger partial charge in [0.2, 0.25) is 5.91 Å². The maximum Gasteiger partial charge on any atom is 0.228 e. The van der Waals surface area contributed by atoms with Gasteiger partial charge in [0, 0.05) is 22.9 Å². The van der Waals surface area contributed by atoms with Gasteiger partial charge < -0.3 is 15.4 Å². The lowest BCUT2D eigenvalue weighted by Crippen LogP contribution is -2.16. The summed E-state index contributed by atoms with van der Waals surface area (Å²) in [5.41, 5.74) is 2.42. The van der Waals surface area contributed by atoms with E-state index in [1.807, 2.05) is 19.1 Å². The number of nitrogens with zero attached hydrogens (tertiary/aromatic N) is 3. The fourth-order valence-electron chi connectivity index (χ4n) is 2.63. The van der Waals surface area contributed by atoms with Gasteiger partial charge in [-0.2, -0.15) is 5.10 Å². The summed E-state index contributed by atoms with van der Waals surface area (Å²) in [6, 6.07) is 3.80. The van der Waals surface area contributed by atoms with Crippen LogP contribution < -0.4 is 15.4 Å². The molecule has 8 heteroatoms. The van der Waals surface area contributed by atoms with E-state index in [0.717, 1.165) is 35.0 Å². The number of aromatic amines is 1. The third-order valence-electron chi connectivity index (χ3n) is 4.29. The second-order valence-electron chi connectivity index (χ2n) is 6.09. The quantitative estimate of drug-likeness (QED) is 0.661. The lowest BCUT2D eigenvalue weighted by Gasteiger charge is -2.14. The average Bonchev–Trinajstić information content (AvgIpc) is 3.37. The Morgan fingerprint density at radius 2 is 2.08 bits per heavy atom. The summed E-state index contributed by atoms with van der Waals surface area (Å²) in [5.74, 6) is 1.94. The van der Waals surface area contributed by atoms with E-state index in [-0.39, 0.29) is 11.8 Å². The number of nitrogens with one attached hydrogen (secondary N) is 3. The van der Waals surface area contributed by atoms with Crippen LogP contribution in [-0.2, 0) is 4.79 Å². The van der Waals surface area contributed by atoms with Crippen molar-refractivity contribution in [1.82, 2.24) is 20.2 Å². The molecule has 128 valence electrons. The summed E-state index contributed by atoms with van der Waals surface area (Å²) >= 11 is 0. The first-order valence-corrected chi connectivity index (χ1v) is 8.06. The molecular formula is C17H18N6O2. The minimum Gasteiger partial charge on any atom is -0.494 e. The second kappa shape index (κ2) is 6.04. The Morgan fingerprint density at radius 3 is 2.84 bits per heavy atom. The molecule has 2 heterocycles. The van der Waals surface area contributed by atoms with Crippen molar-refractivity contribution < 1.29 is 9.53 Å². The number of ether oxygens (including phenoxy) is 1. The van der Waals surface area contributed by atoms with E-state index in [9.17, 15) is 4.79 Å². The zero-order valence-corrected chi connectivity index (χ0v) is 14.0. The number of carbonyl (C=O) groups is 1. The molecule has 0 unspecified atom stereocenters. The van der Waals surface area contributed by atoms with E-state index in [0.29, 0.717) is 17.4 Å². The van der Waals surface area contributed by atoms with Crippen molar-refractivity contribution in [1.29, 1.82) is 0 Å². The van der Waals surface area contributed by atoms with Crippen molar-refractivity contribution in [2.75, 3.05) is 17.7 Å². The number of hydrogen-bond donors (Lipinski definition) is 3. The Kier molecular flexibility index (Phi) is 3.72. The Balaban J connectivity index is 1.65. The molecule has 1 aliphatic rings. The van der Waals surface area contributed by atoms with Crippen molar-refractivity contribution in [3.05, 3.63) is 30.2 Å². The Morgan fingerprint density at radius 1 is 1.28 bits per heavy atom. The van der Waals surface area contributed by atoms with Crippen LogP contribution in [0.1, 0.15) is 18.4 Å². The van der Waals surface area contributed by atoms with Gasteiger partial charge in [-0.3, -0.25) is 9.89 Å². The van der Waals surface area contributed by atoms with Gasteiger partial charge in [0.25, 0.3) is 0 Å². The fourth-order valence-corrected chi connectivity index (χ4v) is 2.63. The molecule has 1 amide bonds. The average molecular weight is 338 g/mol. The van der Waals surface area contributed by atoms with Crippen molar-refractivity contribution in [3.8, 4) is 5.75 Å². The zero-order valence-electron chi connectivity index (χ0n) is 14.0. The maximum absolute atomic E-state index is 12.0. The van der Waals surface area contributed by atoms with E-state index in [1.165, 1.54) is 6.33 Å². The lowest BCUT2D eigenvalue weighted by atomic mass is 10.2. The normalized spacial score (nSPS) is 13.7. The number of hydrogen-bond acceptors (Lipinski definition) is 6. The lowest BCUT2D eigenvalue weighted by molar-refractivity contribution is -0.117. The molecule has 2 aromatic heterocycles. The predicted molar refractivity (Wildman–Crippen MR) is 94.1 cm³/mol. The first-order chi connectivity index (χ1) is 12.2. The molecule has 0 spiro atoms. The smallest absolute Gasteiger partial charge is 0.228 e. The van der Waals surface area contributed by atoms with Gasteiger partial charge >= 0.3 is 0 Å². The van der Waals surface area contributed by atoms with Crippen molar-refractivity contribution in [2.45, 2.75) is 19.8 Å². The van der Waals surface area contributed by atoms with Crippen LogP contribution in [0, 0.1) is 12.8 Å². The molecule has 0 radical (unpaired) electrons. The van der Waals surface area contributed by atoms with Crippen LogP contribution in [0.25, 0.3) is 10.9 Å². The van der Waals surface area contributed by atoms with E-state index in [2.05, 4.69) is 30.8 Å². The van der Waals surface area contributed by atoms with Gasteiger partial charge in [-0.25, -0.2) is 9.97 Å². The monoisotopic (exact) mass is 338 g/mol. The zero-order chi connectivity index (χ0) is 17.4. The molecule has 0 bridgehead atoms. The minimum atomic E-state index is 0.0187. The SMILES string of the molecule is COc1cc2[nH]ncc2cc1Nc1ncnc(NC(=O)C2CC2)c1C. The highest BCUT2D eigenvalue weighted by molar-refractivity contribution is 5.94. The van der Waals surface area contributed by atoms with Crippen LogP contribution in [0.2, 0.25) is 0 Å². The summed E-state index contributed by atoms with van der Waals surface area (Å²) in [5, 5.41) is 14.0. The second-order valence-corrected chi connectivity index (χ2v) is 6.09. The molecule has 4 rings (SSSR count). The number of aromatic nitrogens is 4. The Labute approximate surface area is 144 Å². The molecule has 0 atom stereocenters. The van der Waals surface area contributed by atoms with Crippen LogP contribution in [0.15, 0.2) is 24.7 Å². The molecule has 3 N–H and O–H groups in total. The van der Waals surface area contributed by atoms with Crippen LogP contribution >= 0.6 is 0 Å². The third kappa shape index (κ3) is 2.98. The molecular weight excluding hydrogens is 320 g/mol. The molecule has 3 aromatic rings. The van der Waals surface area contributed by atoms with Crippen LogP contribution in [0.3, 0.4) is 0 Å². The molecule has 1 aromatic carbocycles. The third-order valence-corrected chi connectivity index (χ3v) is 4.29. The van der Waals surface area contributed by atoms with Gasteiger partial charge in [0.05, 0.1) is 24.5 Å². The number of carbonyl (C=O) groups excluding carboxylic acids is 1.